The summed E-state index contributed by atoms with van der Waals surface area (Å²) in [4.78, 5) is 15.8. The molecule has 2 rings (SSSR count). The number of benzene rings is 1. The van der Waals surface area contributed by atoms with Crippen LogP contribution in [0.3, 0.4) is 0 Å². The largest absolute Gasteiger partial charge is 0.354 e. The standard InChI is InChI=1S/C13H18N4O3S/c1-9(14)6-7-15-12(18)8-16-13-10-4-2-3-5-11(10)21(19,20)17-13/h2-5,9H,6-8,14H2,1H3,(H,15,18)(H,16,17). The molecular weight excluding hydrogens is 292 g/mol. The molecule has 0 saturated heterocycles. The van der Waals surface area contributed by atoms with Gasteiger partial charge in [-0.05, 0) is 25.5 Å². The van der Waals surface area contributed by atoms with Gasteiger partial charge in [0.15, 0.2) is 0 Å². The molecule has 1 amide bonds. The molecule has 1 atom stereocenters. The van der Waals surface area contributed by atoms with E-state index in [0.29, 0.717) is 18.5 Å². The fraction of sp³-hybridized carbons (Fsp3) is 0.385. The first-order valence-corrected chi connectivity index (χ1v) is 8.07. The first kappa shape index (κ1) is 15.5. The van der Waals surface area contributed by atoms with Crippen molar-refractivity contribution < 1.29 is 13.2 Å². The van der Waals surface area contributed by atoms with Crippen LogP contribution in [0.5, 0.6) is 0 Å². The van der Waals surface area contributed by atoms with Gasteiger partial charge in [-0.2, -0.15) is 0 Å². The van der Waals surface area contributed by atoms with Gasteiger partial charge in [0.05, 0.1) is 4.90 Å². The highest BCUT2D eigenvalue weighted by atomic mass is 32.2. The summed E-state index contributed by atoms with van der Waals surface area (Å²) in [5, 5.41) is 2.68. The van der Waals surface area contributed by atoms with Crippen LogP contribution in [-0.2, 0) is 14.8 Å². The van der Waals surface area contributed by atoms with Crippen LogP contribution in [0.25, 0.3) is 0 Å². The molecule has 114 valence electrons. The molecule has 0 radical (unpaired) electrons. The fourth-order valence-electron chi connectivity index (χ4n) is 1.90. The third-order valence-corrected chi connectivity index (χ3v) is 4.36. The minimum Gasteiger partial charge on any atom is -0.354 e. The van der Waals surface area contributed by atoms with E-state index < -0.39 is 10.0 Å². The van der Waals surface area contributed by atoms with Crippen LogP contribution < -0.4 is 15.8 Å². The molecule has 8 heteroatoms. The summed E-state index contributed by atoms with van der Waals surface area (Å²) in [5.41, 5.74) is 6.07. The molecule has 1 heterocycles. The summed E-state index contributed by atoms with van der Waals surface area (Å²) in [6, 6.07) is 6.54. The SMILES string of the molecule is CC(N)CCNC(=O)CN=C1NS(=O)(=O)c2ccccc21. The zero-order valence-corrected chi connectivity index (χ0v) is 12.5. The van der Waals surface area contributed by atoms with Crippen molar-refractivity contribution in [3.05, 3.63) is 29.8 Å². The van der Waals surface area contributed by atoms with Gasteiger partial charge in [-0.15, -0.1) is 0 Å². The third kappa shape index (κ3) is 3.79. The monoisotopic (exact) mass is 310 g/mol. The van der Waals surface area contributed by atoms with Crippen LogP contribution in [0, 0.1) is 0 Å². The maximum absolute atomic E-state index is 11.8. The number of amides is 1. The first-order valence-electron chi connectivity index (χ1n) is 6.59. The Balaban J connectivity index is 2.02. The fourth-order valence-corrected chi connectivity index (χ4v) is 3.15. The van der Waals surface area contributed by atoms with E-state index in [9.17, 15) is 13.2 Å². The number of amidine groups is 1. The minimum atomic E-state index is -3.56. The Hall–Kier alpha value is -1.93. The van der Waals surface area contributed by atoms with E-state index in [2.05, 4.69) is 15.0 Å². The predicted octanol–water partition coefficient (Wildman–Crippen LogP) is -0.421. The molecular formula is C13H18N4O3S. The number of aliphatic imine (C=N–C) groups is 1. The number of rotatable bonds is 5. The van der Waals surface area contributed by atoms with E-state index in [-0.39, 0.29) is 29.2 Å². The summed E-state index contributed by atoms with van der Waals surface area (Å²) in [6.45, 7) is 2.20. The number of nitrogens with one attached hydrogen (secondary N) is 2. The Morgan fingerprint density at radius 3 is 2.86 bits per heavy atom. The molecule has 4 N–H and O–H groups in total. The lowest BCUT2D eigenvalue weighted by Gasteiger charge is -2.06. The first-order chi connectivity index (χ1) is 9.90. The highest BCUT2D eigenvalue weighted by Gasteiger charge is 2.30. The van der Waals surface area contributed by atoms with Gasteiger partial charge in [-0.3, -0.25) is 14.5 Å². The van der Waals surface area contributed by atoms with E-state index >= 15 is 0 Å². The number of nitrogens with zero attached hydrogens (tertiary/aromatic N) is 1. The maximum Gasteiger partial charge on any atom is 0.263 e. The van der Waals surface area contributed by atoms with Crippen LogP contribution in [-0.4, -0.2) is 39.3 Å². The topological polar surface area (TPSA) is 114 Å². The van der Waals surface area contributed by atoms with Gasteiger partial charge in [0, 0.05) is 18.2 Å². The van der Waals surface area contributed by atoms with Crippen molar-refractivity contribution in [2.45, 2.75) is 24.3 Å². The lowest BCUT2D eigenvalue weighted by atomic mass is 10.2. The van der Waals surface area contributed by atoms with Gasteiger partial charge in [-0.1, -0.05) is 12.1 Å². The second kappa shape index (κ2) is 6.23. The Labute approximate surface area is 123 Å². The van der Waals surface area contributed by atoms with Crippen molar-refractivity contribution in [2.24, 2.45) is 10.7 Å². The summed E-state index contributed by atoms with van der Waals surface area (Å²) < 4.78 is 26.0. The van der Waals surface area contributed by atoms with Gasteiger partial charge in [0.1, 0.15) is 12.4 Å². The highest BCUT2D eigenvalue weighted by molar-refractivity contribution is 7.90. The third-order valence-electron chi connectivity index (χ3n) is 2.97. The van der Waals surface area contributed by atoms with Crippen molar-refractivity contribution in [1.29, 1.82) is 0 Å². The van der Waals surface area contributed by atoms with Gasteiger partial charge in [-0.25, -0.2) is 8.42 Å². The number of nitrogens with two attached hydrogens (primary N) is 1. The molecule has 1 aliphatic heterocycles. The van der Waals surface area contributed by atoms with Crippen LogP contribution in [0.4, 0.5) is 0 Å². The van der Waals surface area contributed by atoms with E-state index in [1.165, 1.54) is 6.07 Å². The lowest BCUT2D eigenvalue weighted by molar-refractivity contribution is -0.119. The number of hydrogen-bond acceptors (Lipinski definition) is 5. The summed E-state index contributed by atoms with van der Waals surface area (Å²) in [5.74, 6) is -0.0697. The van der Waals surface area contributed by atoms with Crippen molar-refractivity contribution in [2.75, 3.05) is 13.1 Å². The number of hydrogen-bond donors (Lipinski definition) is 3. The van der Waals surface area contributed by atoms with Crippen molar-refractivity contribution >= 4 is 21.8 Å². The van der Waals surface area contributed by atoms with Crippen LogP contribution in [0.15, 0.2) is 34.2 Å². The molecule has 0 saturated carbocycles. The Morgan fingerprint density at radius 1 is 1.43 bits per heavy atom. The predicted molar refractivity (Wildman–Crippen MR) is 79.4 cm³/mol. The smallest absolute Gasteiger partial charge is 0.263 e. The Bertz CT molecular complexity index is 668. The second-order valence-electron chi connectivity index (χ2n) is 4.88. The van der Waals surface area contributed by atoms with E-state index in [1.54, 1.807) is 18.2 Å². The van der Waals surface area contributed by atoms with E-state index in [0.717, 1.165) is 0 Å². The zero-order valence-electron chi connectivity index (χ0n) is 11.7. The number of sulfonamides is 1. The summed E-state index contributed by atoms with van der Waals surface area (Å²) >= 11 is 0. The molecule has 1 aliphatic rings. The summed E-state index contributed by atoms with van der Waals surface area (Å²) in [6.07, 6.45) is 0.678. The summed E-state index contributed by atoms with van der Waals surface area (Å²) in [7, 11) is -3.56. The molecule has 21 heavy (non-hydrogen) atoms. The normalized spacial score (nSPS) is 18.9. The minimum absolute atomic E-state index is 0.0186. The van der Waals surface area contributed by atoms with Gasteiger partial charge < -0.3 is 11.1 Å². The molecule has 0 spiro atoms. The molecule has 0 aliphatic carbocycles. The van der Waals surface area contributed by atoms with Crippen LogP contribution in [0.2, 0.25) is 0 Å². The lowest BCUT2D eigenvalue weighted by Crippen LogP contribution is -2.31. The molecule has 1 unspecified atom stereocenters. The van der Waals surface area contributed by atoms with Crippen LogP contribution >= 0.6 is 0 Å². The molecule has 7 nitrogen and oxygen atoms in total. The number of carbonyl (C=O) groups excluding carboxylic acids is 1. The average Bonchev–Trinajstić information content (AvgIpc) is 2.68. The van der Waals surface area contributed by atoms with Crippen LogP contribution in [0.1, 0.15) is 18.9 Å². The van der Waals surface area contributed by atoms with E-state index in [4.69, 9.17) is 5.73 Å². The molecule has 0 aromatic heterocycles. The highest BCUT2D eigenvalue weighted by Crippen LogP contribution is 2.21. The van der Waals surface area contributed by atoms with Crippen molar-refractivity contribution in [3.8, 4) is 0 Å². The molecule has 1 aromatic carbocycles. The zero-order chi connectivity index (χ0) is 15.5. The number of carbonyl (C=O) groups is 1. The second-order valence-corrected chi connectivity index (χ2v) is 6.53. The van der Waals surface area contributed by atoms with Gasteiger partial charge in [0.2, 0.25) is 5.91 Å². The average molecular weight is 310 g/mol. The van der Waals surface area contributed by atoms with E-state index in [1.807, 2.05) is 6.92 Å². The van der Waals surface area contributed by atoms with Gasteiger partial charge >= 0.3 is 0 Å². The quantitative estimate of drug-likeness (QED) is 0.685. The molecule has 0 bridgehead atoms. The van der Waals surface area contributed by atoms with Crippen molar-refractivity contribution in [1.82, 2.24) is 10.0 Å². The Morgan fingerprint density at radius 2 is 2.14 bits per heavy atom. The Kier molecular flexibility index (Phi) is 4.59. The maximum atomic E-state index is 11.8. The van der Waals surface area contributed by atoms with Crippen molar-refractivity contribution in [3.63, 3.8) is 0 Å². The van der Waals surface area contributed by atoms with Gasteiger partial charge in [0.25, 0.3) is 10.0 Å². The molecule has 0 fully saturated rings. The number of fused-ring (bicyclic) bond motifs is 1. The molecule has 1 aromatic rings.